The molecule has 0 amide bonds. The first-order valence-corrected chi connectivity index (χ1v) is 11.0. The Morgan fingerprint density at radius 2 is 1.43 bits per heavy atom. The van der Waals surface area contributed by atoms with Crippen molar-refractivity contribution < 1.29 is 4.42 Å². The molecule has 0 N–H and O–H groups in total. The summed E-state index contributed by atoms with van der Waals surface area (Å²) in [5, 5.41) is 1.23. The van der Waals surface area contributed by atoms with Crippen LogP contribution in [0.25, 0.3) is 33.4 Å². The SMILES string of the molecule is O=c1c(-c2ccc(Cl)cc2)c(-c2ccc(C3CCCCC3)cc2)oc2ccccc12. The van der Waals surface area contributed by atoms with Crippen molar-refractivity contribution in [2.75, 3.05) is 0 Å². The Bertz CT molecular complexity index is 1230. The van der Waals surface area contributed by atoms with Crippen LogP contribution in [-0.2, 0) is 0 Å². The zero-order valence-corrected chi connectivity index (χ0v) is 17.5. The molecule has 5 rings (SSSR count). The van der Waals surface area contributed by atoms with Gasteiger partial charge in [0.05, 0.1) is 10.9 Å². The maximum absolute atomic E-state index is 13.4. The minimum atomic E-state index is -0.0227. The first-order valence-electron chi connectivity index (χ1n) is 10.6. The number of halogens is 1. The lowest BCUT2D eigenvalue weighted by Gasteiger charge is -2.22. The van der Waals surface area contributed by atoms with Crippen LogP contribution in [0.4, 0.5) is 0 Å². The molecular weight excluding hydrogens is 392 g/mol. The molecule has 0 spiro atoms. The van der Waals surface area contributed by atoms with Crippen LogP contribution in [0.5, 0.6) is 0 Å². The predicted molar refractivity (Wildman–Crippen MR) is 124 cm³/mol. The van der Waals surface area contributed by atoms with E-state index < -0.39 is 0 Å². The van der Waals surface area contributed by atoms with Gasteiger partial charge in [-0.15, -0.1) is 0 Å². The number of benzene rings is 3. The molecule has 30 heavy (non-hydrogen) atoms. The number of hydrogen-bond acceptors (Lipinski definition) is 2. The van der Waals surface area contributed by atoms with Gasteiger partial charge in [-0.1, -0.05) is 79.4 Å². The van der Waals surface area contributed by atoms with Crippen molar-refractivity contribution >= 4 is 22.6 Å². The maximum atomic E-state index is 13.4. The molecule has 4 aromatic rings. The minimum Gasteiger partial charge on any atom is -0.455 e. The minimum absolute atomic E-state index is 0.0227. The third-order valence-corrected chi connectivity index (χ3v) is 6.43. The summed E-state index contributed by atoms with van der Waals surface area (Å²) >= 11 is 6.08. The van der Waals surface area contributed by atoms with Gasteiger partial charge in [0.25, 0.3) is 0 Å². The van der Waals surface area contributed by atoms with Gasteiger partial charge in [-0.2, -0.15) is 0 Å². The van der Waals surface area contributed by atoms with Gasteiger partial charge in [0, 0.05) is 10.6 Å². The van der Waals surface area contributed by atoms with E-state index in [9.17, 15) is 4.79 Å². The highest BCUT2D eigenvalue weighted by Crippen LogP contribution is 2.36. The summed E-state index contributed by atoms with van der Waals surface area (Å²) in [7, 11) is 0. The average Bonchev–Trinajstić information content (AvgIpc) is 2.81. The second kappa shape index (κ2) is 8.12. The first-order chi connectivity index (χ1) is 14.7. The summed E-state index contributed by atoms with van der Waals surface area (Å²) in [5.74, 6) is 1.25. The van der Waals surface area contributed by atoms with Crippen LogP contribution in [0, 0.1) is 0 Å². The molecule has 1 aromatic heterocycles. The summed E-state index contributed by atoms with van der Waals surface area (Å²) in [6, 6.07) is 23.4. The van der Waals surface area contributed by atoms with E-state index in [-0.39, 0.29) is 5.43 Å². The molecule has 3 heteroatoms. The fourth-order valence-electron chi connectivity index (χ4n) is 4.57. The summed E-state index contributed by atoms with van der Waals surface area (Å²) < 4.78 is 6.30. The average molecular weight is 415 g/mol. The van der Waals surface area contributed by atoms with Crippen LogP contribution >= 0.6 is 11.6 Å². The second-order valence-corrected chi connectivity index (χ2v) is 8.53. The quantitative estimate of drug-likeness (QED) is 0.342. The van der Waals surface area contributed by atoms with Gasteiger partial charge < -0.3 is 4.42 Å². The largest absolute Gasteiger partial charge is 0.455 e. The molecule has 1 fully saturated rings. The Kier molecular flexibility index (Phi) is 5.18. The standard InChI is InChI=1S/C27H23ClO2/c28-22-16-14-20(15-17-22)25-26(29)23-8-4-5-9-24(23)30-27(25)21-12-10-19(11-13-21)18-6-2-1-3-7-18/h4-5,8-18H,1-3,6-7H2. The molecule has 1 aliphatic carbocycles. The molecule has 0 radical (unpaired) electrons. The molecule has 0 unspecified atom stereocenters. The van der Waals surface area contributed by atoms with Crippen LogP contribution in [-0.4, -0.2) is 0 Å². The number of fused-ring (bicyclic) bond motifs is 1. The van der Waals surface area contributed by atoms with Crippen molar-refractivity contribution in [1.82, 2.24) is 0 Å². The van der Waals surface area contributed by atoms with Crippen LogP contribution < -0.4 is 5.43 Å². The number of rotatable bonds is 3. The molecule has 1 saturated carbocycles. The van der Waals surface area contributed by atoms with Gasteiger partial charge in [0.15, 0.2) is 0 Å². The lowest BCUT2D eigenvalue weighted by molar-refractivity contribution is 0.443. The number of hydrogen-bond donors (Lipinski definition) is 0. The summed E-state index contributed by atoms with van der Waals surface area (Å²) in [6.45, 7) is 0. The monoisotopic (exact) mass is 414 g/mol. The van der Waals surface area contributed by atoms with E-state index in [0.29, 0.717) is 33.2 Å². The zero-order valence-electron chi connectivity index (χ0n) is 16.7. The lowest BCUT2D eigenvalue weighted by atomic mass is 9.84. The third kappa shape index (κ3) is 3.57. The highest BCUT2D eigenvalue weighted by atomic mass is 35.5. The van der Waals surface area contributed by atoms with Crippen molar-refractivity contribution in [2.24, 2.45) is 0 Å². The Hall–Kier alpha value is -2.84. The summed E-state index contributed by atoms with van der Waals surface area (Å²) in [6.07, 6.45) is 6.50. The summed E-state index contributed by atoms with van der Waals surface area (Å²) in [5.41, 5.74) is 4.27. The van der Waals surface area contributed by atoms with E-state index in [4.69, 9.17) is 16.0 Å². The molecule has 0 aliphatic heterocycles. The summed E-state index contributed by atoms with van der Waals surface area (Å²) in [4.78, 5) is 13.4. The Morgan fingerprint density at radius 3 is 2.17 bits per heavy atom. The van der Waals surface area contributed by atoms with Gasteiger partial charge in [-0.25, -0.2) is 0 Å². The van der Waals surface area contributed by atoms with E-state index in [0.717, 1.165) is 11.1 Å². The molecule has 1 heterocycles. The first kappa shape index (κ1) is 19.1. The van der Waals surface area contributed by atoms with Gasteiger partial charge in [-0.3, -0.25) is 4.79 Å². The molecular formula is C27H23ClO2. The topological polar surface area (TPSA) is 30.2 Å². The normalized spacial score (nSPS) is 14.8. The Labute approximate surface area is 181 Å². The van der Waals surface area contributed by atoms with Gasteiger partial charge in [0.2, 0.25) is 5.43 Å². The highest BCUT2D eigenvalue weighted by Gasteiger charge is 2.19. The fourth-order valence-corrected chi connectivity index (χ4v) is 4.69. The van der Waals surface area contributed by atoms with Crippen LogP contribution in [0.2, 0.25) is 5.02 Å². The zero-order chi connectivity index (χ0) is 20.5. The molecule has 2 nitrogen and oxygen atoms in total. The lowest BCUT2D eigenvalue weighted by Crippen LogP contribution is -2.07. The molecule has 1 aliphatic rings. The fraction of sp³-hybridized carbons (Fsp3) is 0.222. The molecule has 0 bridgehead atoms. The van der Waals surface area contributed by atoms with Gasteiger partial charge >= 0.3 is 0 Å². The predicted octanol–water partition coefficient (Wildman–Crippen LogP) is 7.83. The van der Waals surface area contributed by atoms with Crippen LogP contribution in [0.15, 0.2) is 82.0 Å². The Morgan fingerprint density at radius 1 is 0.767 bits per heavy atom. The van der Waals surface area contributed by atoms with Crippen molar-refractivity contribution in [3.8, 4) is 22.5 Å². The van der Waals surface area contributed by atoms with Crippen LogP contribution in [0.1, 0.15) is 43.6 Å². The van der Waals surface area contributed by atoms with E-state index in [1.165, 1.54) is 37.7 Å². The second-order valence-electron chi connectivity index (χ2n) is 8.10. The number of para-hydroxylation sites is 1. The maximum Gasteiger partial charge on any atom is 0.201 e. The molecule has 0 saturated heterocycles. The highest BCUT2D eigenvalue weighted by molar-refractivity contribution is 6.30. The van der Waals surface area contributed by atoms with Crippen molar-refractivity contribution in [3.05, 3.63) is 93.6 Å². The Balaban J connectivity index is 1.66. The third-order valence-electron chi connectivity index (χ3n) is 6.18. The van der Waals surface area contributed by atoms with E-state index >= 15 is 0 Å². The van der Waals surface area contributed by atoms with Crippen LogP contribution in [0.3, 0.4) is 0 Å². The van der Waals surface area contributed by atoms with E-state index in [1.54, 1.807) is 0 Å². The molecule has 3 aromatic carbocycles. The smallest absolute Gasteiger partial charge is 0.201 e. The van der Waals surface area contributed by atoms with E-state index in [2.05, 4.69) is 24.3 Å². The van der Waals surface area contributed by atoms with Gasteiger partial charge in [0.1, 0.15) is 11.3 Å². The molecule has 150 valence electrons. The van der Waals surface area contributed by atoms with Crippen molar-refractivity contribution in [2.45, 2.75) is 38.0 Å². The molecule has 0 atom stereocenters. The van der Waals surface area contributed by atoms with E-state index in [1.807, 2.05) is 48.5 Å². The van der Waals surface area contributed by atoms with Crippen molar-refractivity contribution in [3.63, 3.8) is 0 Å². The van der Waals surface area contributed by atoms with Gasteiger partial charge in [-0.05, 0) is 54.2 Å². The van der Waals surface area contributed by atoms with Crippen molar-refractivity contribution in [1.29, 1.82) is 0 Å².